The molecule has 0 fully saturated rings. The Balaban J connectivity index is 2.09. The van der Waals surface area contributed by atoms with Gasteiger partial charge in [-0.2, -0.15) is 0 Å². The largest absolute Gasteiger partial charge is 0.335 e. The molecule has 0 aliphatic heterocycles. The van der Waals surface area contributed by atoms with Gasteiger partial charge in [-0.05, 0) is 37.9 Å². The summed E-state index contributed by atoms with van der Waals surface area (Å²) < 4.78 is 2.20. The maximum Gasteiger partial charge on any atom is 0.113 e. The molecule has 0 bridgehead atoms. The van der Waals surface area contributed by atoms with Crippen molar-refractivity contribution in [3.8, 4) is 0 Å². The summed E-state index contributed by atoms with van der Waals surface area (Å²) >= 11 is 0. The summed E-state index contributed by atoms with van der Waals surface area (Å²) in [4.78, 5) is 4.45. The highest BCUT2D eigenvalue weighted by Crippen LogP contribution is 2.16. The zero-order valence-electron chi connectivity index (χ0n) is 12.8. The maximum absolute atomic E-state index is 4.45. The van der Waals surface area contributed by atoms with E-state index in [-0.39, 0.29) is 0 Å². The smallest absolute Gasteiger partial charge is 0.113 e. The van der Waals surface area contributed by atoms with Crippen molar-refractivity contribution in [2.75, 3.05) is 6.54 Å². The average molecular weight is 271 g/mol. The lowest BCUT2D eigenvalue weighted by Crippen LogP contribution is -2.19. The standard InChI is InChI=1S/C17H25N3/c1-4-9-18-14(3)16-8-6-7-15(12-16)13-17-19-10-11-20(17)5-2/h6-8,10-12,14,18H,4-5,9,13H2,1-3H3. The van der Waals surface area contributed by atoms with Gasteiger partial charge in [0.1, 0.15) is 5.82 Å². The fraction of sp³-hybridized carbons (Fsp3) is 0.471. The van der Waals surface area contributed by atoms with Gasteiger partial charge < -0.3 is 9.88 Å². The van der Waals surface area contributed by atoms with Crippen LogP contribution >= 0.6 is 0 Å². The van der Waals surface area contributed by atoms with Gasteiger partial charge in [0.15, 0.2) is 0 Å². The van der Waals surface area contributed by atoms with Crippen molar-refractivity contribution in [3.05, 3.63) is 53.6 Å². The number of hydrogen-bond donors (Lipinski definition) is 1. The van der Waals surface area contributed by atoms with Crippen LogP contribution in [0.3, 0.4) is 0 Å². The van der Waals surface area contributed by atoms with Crippen LogP contribution in [0.25, 0.3) is 0 Å². The second-order valence-electron chi connectivity index (χ2n) is 5.23. The Morgan fingerprint density at radius 2 is 2.15 bits per heavy atom. The molecule has 1 heterocycles. The van der Waals surface area contributed by atoms with Gasteiger partial charge in [-0.1, -0.05) is 31.2 Å². The van der Waals surface area contributed by atoms with Gasteiger partial charge >= 0.3 is 0 Å². The predicted molar refractivity (Wildman–Crippen MR) is 83.9 cm³/mol. The minimum atomic E-state index is 0.404. The second-order valence-corrected chi connectivity index (χ2v) is 5.23. The molecule has 0 spiro atoms. The third-order valence-corrected chi connectivity index (χ3v) is 3.66. The highest BCUT2D eigenvalue weighted by Gasteiger charge is 2.07. The quantitative estimate of drug-likeness (QED) is 0.834. The highest BCUT2D eigenvalue weighted by molar-refractivity contribution is 5.28. The molecule has 3 nitrogen and oxygen atoms in total. The van der Waals surface area contributed by atoms with E-state index < -0.39 is 0 Å². The lowest BCUT2D eigenvalue weighted by Gasteiger charge is -2.15. The van der Waals surface area contributed by atoms with Crippen molar-refractivity contribution >= 4 is 0 Å². The molecule has 1 aromatic heterocycles. The molecule has 1 atom stereocenters. The fourth-order valence-electron chi connectivity index (χ4n) is 2.43. The van der Waals surface area contributed by atoms with Gasteiger partial charge in [0.25, 0.3) is 0 Å². The minimum Gasteiger partial charge on any atom is -0.335 e. The zero-order valence-corrected chi connectivity index (χ0v) is 12.8. The Bertz CT molecular complexity index is 531. The van der Waals surface area contributed by atoms with Gasteiger partial charge in [-0.25, -0.2) is 4.98 Å². The highest BCUT2D eigenvalue weighted by atomic mass is 15.0. The van der Waals surface area contributed by atoms with E-state index >= 15 is 0 Å². The zero-order chi connectivity index (χ0) is 14.4. The van der Waals surface area contributed by atoms with Gasteiger partial charge in [0.05, 0.1) is 0 Å². The number of rotatable bonds is 7. The van der Waals surface area contributed by atoms with Crippen LogP contribution in [0.15, 0.2) is 36.7 Å². The lowest BCUT2D eigenvalue weighted by atomic mass is 10.0. The first-order valence-corrected chi connectivity index (χ1v) is 7.56. The third kappa shape index (κ3) is 3.70. The fourth-order valence-corrected chi connectivity index (χ4v) is 2.43. The number of aromatic nitrogens is 2. The lowest BCUT2D eigenvalue weighted by molar-refractivity contribution is 0.570. The van der Waals surface area contributed by atoms with E-state index in [0.29, 0.717) is 6.04 Å². The molecule has 20 heavy (non-hydrogen) atoms. The minimum absolute atomic E-state index is 0.404. The number of hydrogen-bond acceptors (Lipinski definition) is 2. The Kier molecular flexibility index (Phi) is 5.36. The molecular formula is C17H25N3. The number of aryl methyl sites for hydroxylation is 1. The molecule has 1 aromatic carbocycles. The van der Waals surface area contributed by atoms with Crippen molar-refractivity contribution in [2.24, 2.45) is 0 Å². The SMILES string of the molecule is CCCNC(C)c1cccc(Cc2nccn2CC)c1. The van der Waals surface area contributed by atoms with Crippen LogP contribution in [0.5, 0.6) is 0 Å². The number of benzene rings is 1. The molecule has 3 heteroatoms. The van der Waals surface area contributed by atoms with Gasteiger partial charge in [-0.15, -0.1) is 0 Å². The van der Waals surface area contributed by atoms with Crippen LogP contribution in [0.4, 0.5) is 0 Å². The first-order valence-electron chi connectivity index (χ1n) is 7.56. The van der Waals surface area contributed by atoms with Gasteiger partial charge in [0.2, 0.25) is 0 Å². The molecular weight excluding hydrogens is 246 g/mol. The summed E-state index contributed by atoms with van der Waals surface area (Å²) in [6, 6.07) is 9.23. The molecule has 0 radical (unpaired) electrons. The molecule has 2 aromatic rings. The van der Waals surface area contributed by atoms with E-state index in [1.165, 1.54) is 11.1 Å². The van der Waals surface area contributed by atoms with Gasteiger partial charge in [-0.3, -0.25) is 0 Å². The van der Waals surface area contributed by atoms with Crippen LogP contribution < -0.4 is 5.32 Å². The molecule has 2 rings (SSSR count). The van der Waals surface area contributed by atoms with E-state index in [1.54, 1.807) is 0 Å². The van der Waals surface area contributed by atoms with Crippen LogP contribution in [0, 0.1) is 0 Å². The normalized spacial score (nSPS) is 12.6. The summed E-state index contributed by atoms with van der Waals surface area (Å²) in [6.45, 7) is 8.61. The Morgan fingerprint density at radius 3 is 2.90 bits per heavy atom. The summed E-state index contributed by atoms with van der Waals surface area (Å²) in [5.41, 5.74) is 2.68. The Hall–Kier alpha value is -1.61. The number of nitrogens with one attached hydrogen (secondary N) is 1. The average Bonchev–Trinajstić information content (AvgIpc) is 2.92. The Morgan fingerprint density at radius 1 is 1.30 bits per heavy atom. The van der Waals surface area contributed by atoms with E-state index in [4.69, 9.17) is 0 Å². The molecule has 0 amide bonds. The molecule has 1 N–H and O–H groups in total. The van der Waals surface area contributed by atoms with E-state index in [0.717, 1.165) is 31.8 Å². The third-order valence-electron chi connectivity index (χ3n) is 3.66. The summed E-state index contributed by atoms with van der Waals surface area (Å²) in [7, 11) is 0. The summed E-state index contributed by atoms with van der Waals surface area (Å²) in [5, 5.41) is 3.54. The number of nitrogens with zero attached hydrogens (tertiary/aromatic N) is 2. The molecule has 1 unspecified atom stereocenters. The summed E-state index contributed by atoms with van der Waals surface area (Å²) in [5.74, 6) is 1.14. The van der Waals surface area contributed by atoms with Crippen LogP contribution in [0.1, 0.15) is 50.2 Å². The van der Waals surface area contributed by atoms with Crippen molar-refractivity contribution < 1.29 is 0 Å². The van der Waals surface area contributed by atoms with Crippen molar-refractivity contribution in [1.29, 1.82) is 0 Å². The first-order chi connectivity index (χ1) is 9.74. The molecule has 0 aliphatic rings. The Labute approximate surface area is 122 Å². The first kappa shape index (κ1) is 14.8. The second kappa shape index (κ2) is 7.25. The monoisotopic (exact) mass is 271 g/mol. The molecule has 0 aliphatic carbocycles. The summed E-state index contributed by atoms with van der Waals surface area (Å²) in [6.07, 6.45) is 5.99. The maximum atomic E-state index is 4.45. The number of imidazole rings is 1. The topological polar surface area (TPSA) is 29.9 Å². The van der Waals surface area contributed by atoms with E-state index in [9.17, 15) is 0 Å². The predicted octanol–water partition coefficient (Wildman–Crippen LogP) is 3.55. The van der Waals surface area contributed by atoms with Crippen molar-refractivity contribution in [3.63, 3.8) is 0 Å². The van der Waals surface area contributed by atoms with E-state index in [1.807, 2.05) is 12.4 Å². The van der Waals surface area contributed by atoms with Crippen molar-refractivity contribution in [1.82, 2.24) is 14.9 Å². The van der Waals surface area contributed by atoms with Crippen molar-refractivity contribution in [2.45, 2.75) is 46.2 Å². The van der Waals surface area contributed by atoms with Gasteiger partial charge in [0, 0.05) is 31.4 Å². The van der Waals surface area contributed by atoms with E-state index in [2.05, 4.69) is 59.9 Å². The van der Waals surface area contributed by atoms with Crippen LogP contribution in [0.2, 0.25) is 0 Å². The molecule has 0 saturated carbocycles. The van der Waals surface area contributed by atoms with Crippen LogP contribution in [-0.2, 0) is 13.0 Å². The molecule has 108 valence electrons. The molecule has 0 saturated heterocycles. The van der Waals surface area contributed by atoms with Crippen LogP contribution in [-0.4, -0.2) is 16.1 Å².